The number of hydrogen-bond acceptors (Lipinski definition) is 16. The van der Waals surface area contributed by atoms with Crippen molar-refractivity contribution in [3.05, 3.63) is 53.3 Å². The average molecular weight is 668 g/mol. The van der Waals surface area contributed by atoms with Crippen LogP contribution in [0.25, 0.3) is 6.08 Å². The number of aliphatic hydroxyl groups is 6. The van der Waals surface area contributed by atoms with E-state index in [-0.39, 0.29) is 34.3 Å². The Morgan fingerprint density at radius 3 is 2.32 bits per heavy atom. The predicted molar refractivity (Wildman–Crippen MR) is 152 cm³/mol. The Morgan fingerprint density at radius 2 is 1.62 bits per heavy atom. The highest BCUT2D eigenvalue weighted by molar-refractivity contribution is 5.91. The zero-order chi connectivity index (χ0) is 34.0. The summed E-state index contributed by atoms with van der Waals surface area (Å²) < 4.78 is 37.2. The SMILES string of the molecule is COC(=O)CC(=O)OCC1OC(OC2=Cc3c(O)cc(O)cc3[OH+]C2c2ccc(O)cc2)C(OC2OCC(O)C(O)C2O)C(O)C1O. The molecule has 3 aliphatic heterocycles. The van der Waals surface area contributed by atoms with Crippen molar-refractivity contribution in [1.82, 2.24) is 0 Å². The molecule has 3 heterocycles. The van der Waals surface area contributed by atoms with Gasteiger partial charge in [0.25, 0.3) is 11.9 Å². The van der Waals surface area contributed by atoms with Gasteiger partial charge in [-0.25, -0.2) is 0 Å². The number of carbonyl (C=O) groups excluding carboxylic acids is 2. The van der Waals surface area contributed by atoms with Crippen LogP contribution in [0.2, 0.25) is 0 Å². The summed E-state index contributed by atoms with van der Waals surface area (Å²) >= 11 is 0. The van der Waals surface area contributed by atoms with Gasteiger partial charge in [-0.3, -0.25) is 9.59 Å². The van der Waals surface area contributed by atoms with Crippen LogP contribution >= 0.6 is 0 Å². The highest BCUT2D eigenvalue weighted by Gasteiger charge is 2.51. The molecular weight excluding hydrogens is 632 g/mol. The highest BCUT2D eigenvalue weighted by atomic mass is 16.8. The normalized spacial score (nSPS) is 31.9. The third kappa shape index (κ3) is 7.53. The van der Waals surface area contributed by atoms with Gasteiger partial charge in [-0.05, 0) is 24.3 Å². The minimum Gasteiger partial charge on any atom is -0.571 e. The number of ether oxygens (including phenoxy) is 7. The molecule has 0 bridgehead atoms. The molecule has 2 fully saturated rings. The summed E-state index contributed by atoms with van der Waals surface area (Å²) in [6.45, 7) is -1.11. The molecule has 0 amide bonds. The van der Waals surface area contributed by atoms with E-state index in [0.29, 0.717) is 5.56 Å². The van der Waals surface area contributed by atoms with Crippen LogP contribution in [0.3, 0.4) is 0 Å². The summed E-state index contributed by atoms with van der Waals surface area (Å²) in [6.07, 6.45) is -15.4. The number of aromatic hydroxyl groups is 4. The van der Waals surface area contributed by atoms with E-state index in [1.807, 2.05) is 0 Å². The van der Waals surface area contributed by atoms with E-state index < -0.39 is 93.0 Å². The first-order valence-corrected chi connectivity index (χ1v) is 14.4. The second-order valence-corrected chi connectivity index (χ2v) is 11.0. The minimum atomic E-state index is -1.87. The van der Waals surface area contributed by atoms with Crippen molar-refractivity contribution >= 4 is 18.0 Å². The number of rotatable bonds is 9. The van der Waals surface area contributed by atoms with Crippen LogP contribution in [0.1, 0.15) is 23.7 Å². The number of methoxy groups -OCH3 is 1. The molecule has 256 valence electrons. The molecule has 2 aromatic rings. The maximum Gasteiger partial charge on any atom is 0.317 e. The molecule has 0 saturated carbocycles. The first-order chi connectivity index (χ1) is 22.4. The maximum absolute atomic E-state index is 12.1. The van der Waals surface area contributed by atoms with Crippen molar-refractivity contribution in [2.75, 3.05) is 20.3 Å². The summed E-state index contributed by atoms with van der Waals surface area (Å²) in [5, 5.41) is 83.1. The summed E-state index contributed by atoms with van der Waals surface area (Å²) in [5.74, 6) is -2.40. The van der Waals surface area contributed by atoms with Crippen LogP contribution in [0.5, 0.6) is 23.0 Å². The van der Waals surface area contributed by atoms with E-state index in [2.05, 4.69) is 9.47 Å². The number of phenolic OH excluding ortho intramolecular Hbond substituents is 3. The molecule has 0 radical (unpaired) electrons. The van der Waals surface area contributed by atoms with E-state index in [9.17, 15) is 50.4 Å². The molecule has 17 heteroatoms. The van der Waals surface area contributed by atoms with Gasteiger partial charge in [0, 0.05) is 12.1 Å². The van der Waals surface area contributed by atoms with Crippen LogP contribution < -0.4 is 0 Å². The number of aliphatic hydroxyl groups excluding tert-OH is 5. The number of hydrogen-bond donors (Lipinski definition) is 8. The van der Waals surface area contributed by atoms with Gasteiger partial charge < -0.3 is 74.0 Å². The van der Waals surface area contributed by atoms with Gasteiger partial charge in [-0.15, -0.1) is 0 Å². The lowest BCUT2D eigenvalue weighted by molar-refractivity contribution is -0.353. The fourth-order valence-electron chi connectivity index (χ4n) is 5.17. The van der Waals surface area contributed by atoms with Gasteiger partial charge in [0.2, 0.25) is 6.29 Å². The Morgan fingerprint density at radius 1 is 0.894 bits per heavy atom. The standard InChI is InChI=1S/C30H34O17/c1-41-21(35)9-22(36)42-11-20-24(38)25(39)28(47-29-26(40)23(37)17(34)10-43-29)30(46-20)45-19-8-15-16(33)6-14(32)7-18(15)44-27(19)12-2-4-13(31)5-3-12/h2-8,17,20,23-34,37-40H,9-11H2,1H3/p+1. The highest BCUT2D eigenvalue weighted by Crippen LogP contribution is 2.45. The molecule has 0 aromatic heterocycles. The maximum atomic E-state index is 12.1. The molecule has 5 rings (SSSR count). The third-order valence-corrected chi connectivity index (χ3v) is 7.72. The van der Waals surface area contributed by atoms with Gasteiger partial charge in [-0.1, -0.05) is 0 Å². The summed E-state index contributed by atoms with van der Waals surface area (Å²) in [5.41, 5.74) is 0.603. The lowest BCUT2D eigenvalue weighted by Crippen LogP contribution is -2.63. The average Bonchev–Trinajstić information content (AvgIpc) is 3.04. The van der Waals surface area contributed by atoms with Crippen molar-refractivity contribution in [3.8, 4) is 23.0 Å². The predicted octanol–water partition coefficient (Wildman–Crippen LogP) is -1.47. The zero-order valence-corrected chi connectivity index (χ0v) is 24.7. The molecule has 47 heavy (non-hydrogen) atoms. The number of fused-ring (bicyclic) bond motifs is 1. The molecule has 10 unspecified atom stereocenters. The van der Waals surface area contributed by atoms with Gasteiger partial charge in [0.15, 0.2) is 18.2 Å². The van der Waals surface area contributed by atoms with Crippen LogP contribution in [-0.2, 0) is 38.0 Å². The van der Waals surface area contributed by atoms with Crippen molar-refractivity contribution in [2.24, 2.45) is 0 Å². The second-order valence-electron chi connectivity index (χ2n) is 11.0. The first kappa shape index (κ1) is 34.1. The second kappa shape index (κ2) is 14.3. The molecular formula is C30H35O17+. The minimum absolute atomic E-state index is 0.0200. The molecule has 10 atom stereocenters. The van der Waals surface area contributed by atoms with E-state index in [0.717, 1.165) is 13.2 Å². The summed E-state index contributed by atoms with van der Waals surface area (Å²) in [6, 6.07) is 8.23. The van der Waals surface area contributed by atoms with Gasteiger partial charge in [-0.2, -0.15) is 0 Å². The zero-order valence-electron chi connectivity index (χ0n) is 24.7. The Kier molecular flexibility index (Phi) is 10.4. The fraction of sp³-hybridized carbons (Fsp3) is 0.467. The Hall–Kier alpha value is -4.20. The number of carbonyl (C=O) groups is 2. The molecule has 17 nitrogen and oxygen atoms in total. The van der Waals surface area contributed by atoms with Crippen molar-refractivity contribution in [1.29, 1.82) is 0 Å². The first-order valence-electron chi connectivity index (χ1n) is 14.4. The van der Waals surface area contributed by atoms with Crippen molar-refractivity contribution in [3.63, 3.8) is 0 Å². The van der Waals surface area contributed by atoms with E-state index in [1.54, 1.807) is 0 Å². The molecule has 2 aromatic carbocycles. The quantitative estimate of drug-likeness (QED) is 0.0862. The molecule has 0 aliphatic carbocycles. The number of benzene rings is 2. The Balaban J connectivity index is 1.47. The van der Waals surface area contributed by atoms with Crippen LogP contribution in [0.15, 0.2) is 42.2 Å². The monoisotopic (exact) mass is 667 g/mol. The van der Waals surface area contributed by atoms with E-state index in [4.69, 9.17) is 23.7 Å². The van der Waals surface area contributed by atoms with Gasteiger partial charge >= 0.3 is 11.9 Å². The lowest BCUT2D eigenvalue weighted by atomic mass is 9.97. The van der Waals surface area contributed by atoms with Crippen molar-refractivity contribution in [2.45, 2.75) is 67.8 Å². The van der Waals surface area contributed by atoms with Gasteiger partial charge in [0.05, 0.1) is 25.3 Å². The third-order valence-electron chi connectivity index (χ3n) is 7.72. The molecule has 3 aliphatic rings. The Bertz CT molecular complexity index is 1460. The topological polar surface area (TPSA) is 264 Å². The van der Waals surface area contributed by atoms with Gasteiger partial charge in [0.1, 0.15) is 72.5 Å². The molecule has 9 N–H and O–H groups in total. The van der Waals surface area contributed by atoms with E-state index >= 15 is 0 Å². The summed E-state index contributed by atoms with van der Waals surface area (Å²) in [7, 11) is 1.08. The smallest absolute Gasteiger partial charge is 0.317 e. The summed E-state index contributed by atoms with van der Waals surface area (Å²) in [4.78, 5) is 23.6. The van der Waals surface area contributed by atoms with E-state index in [1.165, 1.54) is 36.4 Å². The number of phenols is 3. The molecule has 2 saturated heterocycles. The molecule has 0 spiro atoms. The van der Waals surface area contributed by atoms with Crippen LogP contribution in [-0.4, -0.2) is 133 Å². The van der Waals surface area contributed by atoms with Crippen LogP contribution in [0, 0.1) is 0 Å². The lowest BCUT2D eigenvalue weighted by Gasteiger charge is -2.45. The van der Waals surface area contributed by atoms with Crippen molar-refractivity contribution < 1.29 is 83.6 Å². The fourth-order valence-corrected chi connectivity index (χ4v) is 5.17. The van der Waals surface area contributed by atoms with Crippen LogP contribution in [0.4, 0.5) is 0 Å². The Labute approximate surface area is 266 Å². The number of esters is 2. The largest absolute Gasteiger partial charge is 0.571 e.